The minimum atomic E-state index is -0.896. The van der Waals surface area contributed by atoms with Crippen molar-refractivity contribution in [3.05, 3.63) is 57.0 Å². The number of ether oxygens (including phenoxy) is 2. The second-order valence-electron chi connectivity index (χ2n) is 6.87. The van der Waals surface area contributed by atoms with Crippen LogP contribution >= 0.6 is 0 Å². The average molecular weight is 382 g/mol. The molecule has 0 aliphatic carbocycles. The zero-order valence-electron chi connectivity index (χ0n) is 16.5. The fourth-order valence-electron chi connectivity index (χ4n) is 3.74. The van der Waals surface area contributed by atoms with Gasteiger partial charge in [0.05, 0.1) is 19.8 Å². The molecular formula is C21H22N2O5. The van der Waals surface area contributed by atoms with Crippen molar-refractivity contribution in [2.24, 2.45) is 10.9 Å². The summed E-state index contributed by atoms with van der Waals surface area (Å²) in [7, 11) is 2.52. The molecule has 146 valence electrons. The Morgan fingerprint density at radius 1 is 1.07 bits per heavy atom. The first-order valence-corrected chi connectivity index (χ1v) is 8.84. The number of carbonyl (C=O) groups excluding carboxylic acids is 2. The molecule has 7 heteroatoms. The number of hydrogen-bond donors (Lipinski definition) is 1. The van der Waals surface area contributed by atoms with Crippen LogP contribution in [-0.2, 0) is 19.1 Å². The van der Waals surface area contributed by atoms with Crippen molar-refractivity contribution in [1.29, 1.82) is 0 Å². The van der Waals surface area contributed by atoms with Crippen LogP contribution in [0.4, 0.5) is 0 Å². The Bertz CT molecular complexity index is 1090. The van der Waals surface area contributed by atoms with Crippen LogP contribution in [0, 0.1) is 12.8 Å². The molecule has 1 aliphatic heterocycles. The molecule has 28 heavy (non-hydrogen) atoms. The fourth-order valence-corrected chi connectivity index (χ4v) is 3.74. The van der Waals surface area contributed by atoms with E-state index in [9.17, 15) is 14.4 Å². The Balaban J connectivity index is 2.31. The molecule has 0 amide bonds. The van der Waals surface area contributed by atoms with E-state index in [1.54, 1.807) is 19.9 Å². The van der Waals surface area contributed by atoms with Crippen LogP contribution in [0.25, 0.3) is 10.9 Å². The molecule has 1 aromatic carbocycles. The van der Waals surface area contributed by atoms with E-state index in [4.69, 9.17) is 9.47 Å². The number of pyridine rings is 1. The number of nitrogens with zero attached hydrogens (tertiary/aromatic N) is 1. The van der Waals surface area contributed by atoms with E-state index in [-0.39, 0.29) is 11.1 Å². The SMILES string of the molecule is COC(=O)C1=C(C)N=C(C)C(C(=O)OC)C1c1cc2ccc(C)cc2[nH]c1=O. The Labute approximate surface area is 162 Å². The predicted molar refractivity (Wildman–Crippen MR) is 105 cm³/mol. The molecule has 7 nitrogen and oxygen atoms in total. The van der Waals surface area contributed by atoms with E-state index >= 15 is 0 Å². The maximum Gasteiger partial charge on any atom is 0.336 e. The minimum Gasteiger partial charge on any atom is -0.468 e. The molecule has 0 radical (unpaired) electrons. The lowest BCUT2D eigenvalue weighted by atomic mass is 9.75. The zero-order valence-corrected chi connectivity index (χ0v) is 16.5. The molecule has 1 aromatic heterocycles. The lowest BCUT2D eigenvalue weighted by Gasteiger charge is -2.30. The number of hydrogen-bond acceptors (Lipinski definition) is 6. The summed E-state index contributed by atoms with van der Waals surface area (Å²) < 4.78 is 9.87. The molecule has 0 spiro atoms. The van der Waals surface area contributed by atoms with Crippen LogP contribution in [0.3, 0.4) is 0 Å². The van der Waals surface area contributed by atoms with Crippen molar-refractivity contribution >= 4 is 28.6 Å². The highest BCUT2D eigenvalue weighted by Crippen LogP contribution is 2.39. The third-order valence-electron chi connectivity index (χ3n) is 5.05. The Hall–Kier alpha value is -3.22. The van der Waals surface area contributed by atoms with Crippen molar-refractivity contribution in [3.8, 4) is 0 Å². The predicted octanol–water partition coefficient (Wildman–Crippen LogP) is 2.63. The summed E-state index contributed by atoms with van der Waals surface area (Å²) in [6.07, 6.45) is 0. The van der Waals surface area contributed by atoms with Gasteiger partial charge in [0.15, 0.2) is 0 Å². The number of H-pyrrole nitrogens is 1. The monoisotopic (exact) mass is 382 g/mol. The maximum atomic E-state index is 12.9. The van der Waals surface area contributed by atoms with E-state index in [2.05, 4.69) is 9.98 Å². The lowest BCUT2D eigenvalue weighted by Crippen LogP contribution is -2.38. The van der Waals surface area contributed by atoms with E-state index in [0.29, 0.717) is 22.5 Å². The average Bonchev–Trinajstić information content (AvgIpc) is 2.65. The molecule has 0 saturated carbocycles. The van der Waals surface area contributed by atoms with Gasteiger partial charge in [-0.3, -0.25) is 14.6 Å². The van der Waals surface area contributed by atoms with Crippen molar-refractivity contribution in [3.63, 3.8) is 0 Å². The molecular weight excluding hydrogens is 360 g/mol. The number of benzene rings is 1. The molecule has 2 unspecified atom stereocenters. The van der Waals surface area contributed by atoms with Crippen LogP contribution < -0.4 is 5.56 Å². The van der Waals surface area contributed by atoms with E-state index in [0.717, 1.165) is 10.9 Å². The number of esters is 2. The molecule has 2 aromatic rings. The second kappa shape index (κ2) is 7.42. The molecule has 1 aliphatic rings. The number of aryl methyl sites for hydroxylation is 1. The van der Waals surface area contributed by atoms with Crippen molar-refractivity contribution in [1.82, 2.24) is 4.98 Å². The Kier molecular flexibility index (Phi) is 5.18. The number of rotatable bonds is 3. The molecule has 1 N–H and O–H groups in total. The standard InChI is InChI=1S/C21H22N2O5/c1-10-6-7-13-9-14(19(24)23-15(13)8-10)18-16(20(25)27-4)11(2)22-12(3)17(18)21(26)28-5/h6-9,16,18H,1-5H3,(H,23,24). The minimum absolute atomic E-state index is 0.181. The van der Waals surface area contributed by atoms with Crippen LogP contribution in [0.2, 0.25) is 0 Å². The first kappa shape index (κ1) is 19.5. The molecule has 0 fully saturated rings. The van der Waals surface area contributed by atoms with Gasteiger partial charge < -0.3 is 14.5 Å². The lowest BCUT2D eigenvalue weighted by molar-refractivity contribution is -0.143. The fraction of sp³-hybridized carbons (Fsp3) is 0.333. The van der Waals surface area contributed by atoms with Crippen LogP contribution in [0.1, 0.15) is 30.9 Å². The van der Waals surface area contributed by atoms with Gasteiger partial charge in [-0.05, 0) is 43.9 Å². The van der Waals surface area contributed by atoms with Gasteiger partial charge in [-0.1, -0.05) is 12.1 Å². The molecule has 0 saturated heterocycles. The van der Waals surface area contributed by atoms with Gasteiger partial charge in [-0.15, -0.1) is 0 Å². The van der Waals surface area contributed by atoms with Gasteiger partial charge >= 0.3 is 11.9 Å². The normalized spacial score (nSPS) is 19.4. The molecule has 2 atom stereocenters. The van der Waals surface area contributed by atoms with Crippen LogP contribution in [0.15, 0.2) is 45.3 Å². The first-order valence-electron chi connectivity index (χ1n) is 8.84. The largest absolute Gasteiger partial charge is 0.468 e. The third kappa shape index (κ3) is 3.24. The highest BCUT2D eigenvalue weighted by atomic mass is 16.5. The van der Waals surface area contributed by atoms with E-state index in [1.165, 1.54) is 14.2 Å². The van der Waals surface area contributed by atoms with Gasteiger partial charge in [0.2, 0.25) is 0 Å². The number of carbonyl (C=O) groups is 2. The van der Waals surface area contributed by atoms with Crippen LogP contribution in [-0.4, -0.2) is 36.9 Å². The van der Waals surface area contributed by atoms with Crippen molar-refractivity contribution in [2.45, 2.75) is 26.7 Å². The zero-order chi connectivity index (χ0) is 20.6. The van der Waals surface area contributed by atoms with Crippen LogP contribution in [0.5, 0.6) is 0 Å². The first-order chi connectivity index (χ1) is 13.3. The number of aromatic amines is 1. The maximum absolute atomic E-state index is 12.9. The molecule has 2 heterocycles. The second-order valence-corrected chi connectivity index (χ2v) is 6.87. The quantitative estimate of drug-likeness (QED) is 0.823. The summed E-state index contributed by atoms with van der Waals surface area (Å²) >= 11 is 0. The van der Waals surface area contributed by atoms with Gasteiger partial charge in [-0.2, -0.15) is 0 Å². The number of fused-ring (bicyclic) bond motifs is 1. The van der Waals surface area contributed by atoms with E-state index in [1.807, 2.05) is 25.1 Å². The van der Waals surface area contributed by atoms with Crippen molar-refractivity contribution < 1.29 is 19.1 Å². The molecule has 3 rings (SSSR count). The third-order valence-corrected chi connectivity index (χ3v) is 5.05. The smallest absolute Gasteiger partial charge is 0.336 e. The van der Waals surface area contributed by atoms with Gasteiger partial charge in [-0.25, -0.2) is 4.79 Å². The number of aliphatic imine (C=N–C) groups is 1. The summed E-state index contributed by atoms with van der Waals surface area (Å²) in [5.41, 5.74) is 2.69. The summed E-state index contributed by atoms with van der Waals surface area (Å²) in [6, 6.07) is 7.39. The van der Waals surface area contributed by atoms with Gasteiger partial charge in [0.25, 0.3) is 5.56 Å². The molecule has 0 bridgehead atoms. The highest BCUT2D eigenvalue weighted by Gasteiger charge is 2.43. The summed E-state index contributed by atoms with van der Waals surface area (Å²) in [5.74, 6) is -2.95. The summed E-state index contributed by atoms with van der Waals surface area (Å²) in [6.45, 7) is 5.28. The summed E-state index contributed by atoms with van der Waals surface area (Å²) in [4.78, 5) is 45.2. The van der Waals surface area contributed by atoms with Crippen molar-refractivity contribution in [2.75, 3.05) is 14.2 Å². The number of allylic oxidation sites excluding steroid dienone is 1. The Morgan fingerprint density at radius 2 is 1.79 bits per heavy atom. The number of aromatic nitrogens is 1. The Morgan fingerprint density at radius 3 is 2.43 bits per heavy atom. The summed E-state index contributed by atoms with van der Waals surface area (Å²) in [5, 5.41) is 0.797. The van der Waals surface area contributed by atoms with Gasteiger partial charge in [0.1, 0.15) is 5.92 Å². The van der Waals surface area contributed by atoms with Gasteiger partial charge in [0, 0.05) is 28.4 Å². The topological polar surface area (TPSA) is 97.8 Å². The highest BCUT2D eigenvalue weighted by molar-refractivity contribution is 6.07. The number of nitrogens with one attached hydrogen (secondary N) is 1. The number of methoxy groups -OCH3 is 2. The van der Waals surface area contributed by atoms with E-state index < -0.39 is 23.8 Å².